The van der Waals surface area contributed by atoms with Crippen molar-refractivity contribution in [3.05, 3.63) is 68.2 Å². The van der Waals surface area contributed by atoms with Crippen LogP contribution in [0.4, 0.5) is 11.4 Å². The number of nitro benzene ring substituents is 1. The Morgan fingerprint density at radius 3 is 2.59 bits per heavy atom. The fourth-order valence-electron chi connectivity index (χ4n) is 3.51. The van der Waals surface area contributed by atoms with Crippen LogP contribution < -0.4 is 15.2 Å². The summed E-state index contributed by atoms with van der Waals surface area (Å²) in [5.74, 6) is -1.88. The number of hydrogen-bond acceptors (Lipinski definition) is 7. The van der Waals surface area contributed by atoms with Gasteiger partial charge in [-0.25, -0.2) is 5.01 Å². The van der Waals surface area contributed by atoms with Crippen LogP contribution in [0.15, 0.2) is 52.5 Å². The average molecular weight is 531 g/mol. The minimum absolute atomic E-state index is 0.101. The number of ether oxygens (including phenoxy) is 2. The molecular formula is C22H19BrN4O7. The molecule has 12 heteroatoms. The number of nitro groups is 1. The summed E-state index contributed by atoms with van der Waals surface area (Å²) in [5, 5.41) is 12.8. The van der Waals surface area contributed by atoms with Gasteiger partial charge in [0.1, 0.15) is 5.57 Å². The van der Waals surface area contributed by atoms with Crippen molar-refractivity contribution < 1.29 is 28.8 Å². The molecule has 0 unspecified atom stereocenters. The van der Waals surface area contributed by atoms with Gasteiger partial charge in [0.25, 0.3) is 17.7 Å². The van der Waals surface area contributed by atoms with Crippen molar-refractivity contribution in [3.8, 4) is 5.75 Å². The van der Waals surface area contributed by atoms with Gasteiger partial charge in [-0.2, -0.15) is 0 Å². The zero-order chi connectivity index (χ0) is 24.2. The molecule has 2 aliphatic rings. The lowest BCUT2D eigenvalue weighted by Gasteiger charge is -2.26. The molecule has 2 aromatic rings. The van der Waals surface area contributed by atoms with Crippen molar-refractivity contribution in [2.45, 2.75) is 0 Å². The number of carbonyl (C=O) groups is 3. The van der Waals surface area contributed by atoms with Gasteiger partial charge in [0.05, 0.1) is 23.8 Å². The van der Waals surface area contributed by atoms with E-state index < -0.39 is 29.0 Å². The predicted molar refractivity (Wildman–Crippen MR) is 124 cm³/mol. The average Bonchev–Trinajstić information content (AvgIpc) is 3.12. The lowest BCUT2D eigenvalue weighted by molar-refractivity contribution is -0.385. The summed E-state index contributed by atoms with van der Waals surface area (Å²) in [6.07, 6.45) is 1.22. The van der Waals surface area contributed by atoms with Crippen LogP contribution in [0, 0.1) is 10.1 Å². The van der Waals surface area contributed by atoms with Gasteiger partial charge in [0, 0.05) is 29.2 Å². The number of morpholine rings is 1. The van der Waals surface area contributed by atoms with E-state index in [-0.39, 0.29) is 22.8 Å². The number of hydrazine groups is 1. The molecule has 0 aliphatic carbocycles. The SMILES string of the molecule is O=C1NN(c2ccccc2)C(=O)/C1=C\c1cc(Br)cc([N+](=O)[O-])c1OCC(=O)N1CCOCC1. The minimum Gasteiger partial charge on any atom is -0.476 e. The highest BCUT2D eigenvalue weighted by molar-refractivity contribution is 9.10. The van der Waals surface area contributed by atoms with Crippen LogP contribution in [0.1, 0.15) is 5.56 Å². The second kappa shape index (κ2) is 10.0. The van der Waals surface area contributed by atoms with Gasteiger partial charge >= 0.3 is 5.69 Å². The first-order valence-electron chi connectivity index (χ1n) is 10.2. The van der Waals surface area contributed by atoms with E-state index in [9.17, 15) is 24.5 Å². The van der Waals surface area contributed by atoms with Gasteiger partial charge in [0.2, 0.25) is 5.75 Å². The summed E-state index contributed by atoms with van der Waals surface area (Å²) < 4.78 is 11.2. The van der Waals surface area contributed by atoms with E-state index >= 15 is 0 Å². The van der Waals surface area contributed by atoms with Crippen LogP contribution in [-0.2, 0) is 19.1 Å². The van der Waals surface area contributed by atoms with Crippen LogP contribution in [0.3, 0.4) is 0 Å². The Labute approximate surface area is 202 Å². The summed E-state index contributed by atoms with van der Waals surface area (Å²) in [7, 11) is 0. The van der Waals surface area contributed by atoms with Gasteiger partial charge in [-0.15, -0.1) is 0 Å². The number of anilines is 1. The zero-order valence-corrected chi connectivity index (χ0v) is 19.3. The molecule has 0 aromatic heterocycles. The maximum Gasteiger partial charge on any atom is 0.312 e. The lowest BCUT2D eigenvalue weighted by atomic mass is 10.1. The molecule has 0 atom stereocenters. The Hall–Kier alpha value is -3.77. The molecule has 2 saturated heterocycles. The van der Waals surface area contributed by atoms with Crippen LogP contribution in [0.5, 0.6) is 5.75 Å². The number of nitrogens with one attached hydrogen (secondary N) is 1. The Bertz CT molecular complexity index is 1180. The van der Waals surface area contributed by atoms with E-state index in [1.54, 1.807) is 30.3 Å². The topological polar surface area (TPSA) is 131 Å². The number of carbonyl (C=O) groups excluding carboxylic acids is 3. The molecule has 2 heterocycles. The molecule has 0 spiro atoms. The summed E-state index contributed by atoms with van der Waals surface area (Å²) in [6.45, 7) is 1.14. The van der Waals surface area contributed by atoms with Gasteiger partial charge in [0.15, 0.2) is 6.61 Å². The molecule has 2 aromatic carbocycles. The van der Waals surface area contributed by atoms with E-state index in [1.165, 1.54) is 23.1 Å². The Morgan fingerprint density at radius 1 is 1.21 bits per heavy atom. The highest BCUT2D eigenvalue weighted by atomic mass is 79.9. The van der Waals surface area contributed by atoms with Crippen LogP contribution in [-0.4, -0.2) is 60.5 Å². The van der Waals surface area contributed by atoms with Gasteiger partial charge in [-0.1, -0.05) is 34.1 Å². The first kappa shape index (κ1) is 23.4. The van der Waals surface area contributed by atoms with Crippen molar-refractivity contribution in [1.82, 2.24) is 10.3 Å². The van der Waals surface area contributed by atoms with E-state index in [0.717, 1.165) is 5.01 Å². The summed E-state index contributed by atoms with van der Waals surface area (Å²) in [6, 6.07) is 11.2. The molecule has 3 amide bonds. The normalized spacial score (nSPS) is 17.1. The van der Waals surface area contributed by atoms with E-state index in [2.05, 4.69) is 21.4 Å². The van der Waals surface area contributed by atoms with Gasteiger partial charge in [-0.05, 0) is 24.3 Å². The van der Waals surface area contributed by atoms with Gasteiger partial charge < -0.3 is 14.4 Å². The van der Waals surface area contributed by atoms with E-state index in [4.69, 9.17) is 9.47 Å². The smallest absolute Gasteiger partial charge is 0.312 e. The molecule has 2 fully saturated rings. The van der Waals surface area contributed by atoms with Crippen LogP contribution >= 0.6 is 15.9 Å². The zero-order valence-electron chi connectivity index (χ0n) is 17.7. The Kier molecular flexibility index (Phi) is 6.89. The van der Waals surface area contributed by atoms with Crippen molar-refractivity contribution in [2.24, 2.45) is 0 Å². The van der Waals surface area contributed by atoms with E-state index in [1.807, 2.05) is 0 Å². The highest BCUT2D eigenvalue weighted by Crippen LogP contribution is 2.37. The largest absolute Gasteiger partial charge is 0.476 e. The van der Waals surface area contributed by atoms with Crippen molar-refractivity contribution in [3.63, 3.8) is 0 Å². The number of benzene rings is 2. The second-order valence-corrected chi connectivity index (χ2v) is 8.27. The molecular weight excluding hydrogens is 512 g/mol. The van der Waals surface area contributed by atoms with Crippen LogP contribution in [0.2, 0.25) is 0 Å². The molecule has 11 nitrogen and oxygen atoms in total. The Morgan fingerprint density at radius 2 is 1.91 bits per heavy atom. The number of amides is 3. The maximum absolute atomic E-state index is 12.9. The molecule has 2 aliphatic heterocycles. The van der Waals surface area contributed by atoms with Crippen molar-refractivity contribution in [2.75, 3.05) is 37.9 Å². The van der Waals surface area contributed by atoms with Crippen molar-refractivity contribution >= 4 is 51.1 Å². The third-order valence-corrected chi connectivity index (χ3v) is 5.63. The molecule has 0 bridgehead atoms. The third kappa shape index (κ3) is 4.92. The lowest BCUT2D eigenvalue weighted by Crippen LogP contribution is -2.43. The number of nitrogens with zero attached hydrogens (tertiary/aromatic N) is 3. The second-order valence-electron chi connectivity index (χ2n) is 7.36. The molecule has 0 saturated carbocycles. The van der Waals surface area contributed by atoms with Crippen molar-refractivity contribution in [1.29, 1.82) is 0 Å². The predicted octanol–water partition coefficient (Wildman–Crippen LogP) is 2.06. The number of rotatable bonds is 6. The monoisotopic (exact) mass is 530 g/mol. The number of hydrogen-bond donors (Lipinski definition) is 1. The molecule has 176 valence electrons. The summed E-state index contributed by atoms with van der Waals surface area (Å²) in [5.41, 5.74) is 2.38. The standard InChI is InChI=1S/C22H19BrN4O7/c23-15-10-14(11-17-21(29)24-26(22(17)30)16-4-2-1-3-5-16)20(18(12-15)27(31)32)34-13-19(28)25-6-8-33-9-7-25/h1-5,10-12H,6-9,13H2,(H,24,29)/b17-11-. The number of halogens is 1. The minimum atomic E-state index is -0.674. The first-order valence-corrected chi connectivity index (χ1v) is 11.0. The Balaban J connectivity index is 1.66. The fourth-order valence-corrected chi connectivity index (χ4v) is 3.97. The molecule has 1 N–H and O–H groups in total. The highest BCUT2D eigenvalue weighted by Gasteiger charge is 2.35. The molecule has 0 radical (unpaired) electrons. The third-order valence-electron chi connectivity index (χ3n) is 5.17. The quantitative estimate of drug-likeness (QED) is 0.261. The summed E-state index contributed by atoms with van der Waals surface area (Å²) in [4.78, 5) is 50.6. The number of para-hydroxylation sites is 1. The first-order chi connectivity index (χ1) is 16.3. The van der Waals surface area contributed by atoms with Crippen LogP contribution in [0.25, 0.3) is 6.08 Å². The molecule has 34 heavy (non-hydrogen) atoms. The van der Waals surface area contributed by atoms with E-state index in [0.29, 0.717) is 36.5 Å². The molecule has 4 rings (SSSR count). The fraction of sp³-hybridized carbons (Fsp3) is 0.227. The van der Waals surface area contributed by atoms with Gasteiger partial charge in [-0.3, -0.25) is 29.9 Å². The summed E-state index contributed by atoms with van der Waals surface area (Å²) >= 11 is 3.21. The maximum atomic E-state index is 12.9.